The van der Waals surface area contributed by atoms with Gasteiger partial charge in [0.1, 0.15) is 0 Å². The minimum absolute atomic E-state index is 0.292. The number of hydrogen-bond acceptors (Lipinski definition) is 5. The molecule has 2 heterocycles. The van der Waals surface area contributed by atoms with E-state index in [2.05, 4.69) is 10.2 Å². The van der Waals surface area contributed by atoms with E-state index in [-0.39, 0.29) is 5.91 Å². The quantitative estimate of drug-likeness (QED) is 0.599. The standard InChI is InChI=1S/C22H23N3O4/c26-20(23-10-5-11-24-12-14-29-15-13-24)18-8-3-4-9-19(18)25-21(27)16-6-1-2-7-17(16)22(25)28/h1-4,6-9H,5,10-15H2,(H,23,26). The molecule has 0 radical (unpaired) electrons. The molecular formula is C22H23N3O4. The molecule has 7 heteroatoms. The molecule has 7 nitrogen and oxygen atoms in total. The van der Waals surface area contributed by atoms with Crippen molar-refractivity contribution in [1.29, 1.82) is 0 Å². The van der Waals surface area contributed by atoms with Crippen LogP contribution in [-0.2, 0) is 4.74 Å². The molecule has 0 atom stereocenters. The lowest BCUT2D eigenvalue weighted by Crippen LogP contribution is -2.38. The molecule has 1 saturated heterocycles. The van der Waals surface area contributed by atoms with Crippen LogP contribution in [0.3, 0.4) is 0 Å². The van der Waals surface area contributed by atoms with Gasteiger partial charge in [-0.3, -0.25) is 19.3 Å². The second kappa shape index (κ2) is 8.55. The van der Waals surface area contributed by atoms with E-state index in [0.717, 1.165) is 44.2 Å². The zero-order chi connectivity index (χ0) is 20.2. The molecule has 0 unspecified atom stereocenters. The van der Waals surface area contributed by atoms with Crippen LogP contribution in [-0.4, -0.2) is 62.0 Å². The molecule has 2 aromatic rings. The SMILES string of the molecule is O=C(NCCCN1CCOCC1)c1ccccc1N1C(=O)c2ccccc2C1=O. The van der Waals surface area contributed by atoms with Crippen molar-refractivity contribution in [3.8, 4) is 0 Å². The maximum Gasteiger partial charge on any atom is 0.266 e. The Morgan fingerprint density at radius 3 is 2.24 bits per heavy atom. The topological polar surface area (TPSA) is 79.0 Å². The van der Waals surface area contributed by atoms with Gasteiger partial charge in [0.2, 0.25) is 0 Å². The monoisotopic (exact) mass is 393 g/mol. The van der Waals surface area contributed by atoms with E-state index < -0.39 is 11.8 Å². The van der Waals surface area contributed by atoms with Gasteiger partial charge in [-0.1, -0.05) is 24.3 Å². The second-order valence-corrected chi connectivity index (χ2v) is 7.07. The Morgan fingerprint density at radius 2 is 1.55 bits per heavy atom. The average molecular weight is 393 g/mol. The Kier molecular flexibility index (Phi) is 5.69. The van der Waals surface area contributed by atoms with E-state index in [1.165, 1.54) is 0 Å². The number of anilines is 1. The van der Waals surface area contributed by atoms with Crippen LogP contribution in [0.2, 0.25) is 0 Å². The number of benzene rings is 2. The Labute approximate surface area is 169 Å². The van der Waals surface area contributed by atoms with Crippen molar-refractivity contribution in [1.82, 2.24) is 10.2 Å². The molecule has 29 heavy (non-hydrogen) atoms. The molecule has 4 rings (SSSR count). The van der Waals surface area contributed by atoms with Crippen LogP contribution in [0.4, 0.5) is 5.69 Å². The minimum Gasteiger partial charge on any atom is -0.379 e. The number of imide groups is 1. The van der Waals surface area contributed by atoms with Crippen molar-refractivity contribution in [2.24, 2.45) is 0 Å². The van der Waals surface area contributed by atoms with Gasteiger partial charge in [0.15, 0.2) is 0 Å². The van der Waals surface area contributed by atoms with E-state index in [1.807, 2.05) is 0 Å². The summed E-state index contributed by atoms with van der Waals surface area (Å²) in [6.45, 7) is 4.74. The summed E-state index contributed by atoms with van der Waals surface area (Å²) in [5, 5.41) is 2.91. The maximum atomic E-state index is 12.8. The number of fused-ring (bicyclic) bond motifs is 1. The summed E-state index contributed by atoms with van der Waals surface area (Å²) < 4.78 is 5.33. The third-order valence-electron chi connectivity index (χ3n) is 5.22. The highest BCUT2D eigenvalue weighted by atomic mass is 16.5. The third kappa shape index (κ3) is 3.92. The fraction of sp³-hybridized carbons (Fsp3) is 0.318. The fourth-order valence-electron chi connectivity index (χ4n) is 3.69. The summed E-state index contributed by atoms with van der Waals surface area (Å²) in [6, 6.07) is 13.4. The van der Waals surface area contributed by atoms with Gasteiger partial charge < -0.3 is 10.1 Å². The number of para-hydroxylation sites is 1. The Bertz CT molecular complexity index is 902. The molecular weight excluding hydrogens is 370 g/mol. The summed E-state index contributed by atoms with van der Waals surface area (Å²) >= 11 is 0. The van der Waals surface area contributed by atoms with Crippen LogP contribution in [0.5, 0.6) is 0 Å². The molecule has 0 spiro atoms. The van der Waals surface area contributed by atoms with Crippen LogP contribution in [0.15, 0.2) is 48.5 Å². The highest BCUT2D eigenvalue weighted by Crippen LogP contribution is 2.30. The lowest BCUT2D eigenvalue weighted by Gasteiger charge is -2.26. The van der Waals surface area contributed by atoms with Gasteiger partial charge in [-0.25, -0.2) is 4.90 Å². The first kappa shape index (κ1) is 19.3. The number of nitrogens with one attached hydrogen (secondary N) is 1. The summed E-state index contributed by atoms with van der Waals surface area (Å²) in [6.07, 6.45) is 0.820. The van der Waals surface area contributed by atoms with Crippen molar-refractivity contribution in [3.05, 3.63) is 65.2 Å². The zero-order valence-corrected chi connectivity index (χ0v) is 16.1. The first-order valence-electron chi connectivity index (χ1n) is 9.82. The number of nitrogens with zero attached hydrogens (tertiary/aromatic N) is 2. The van der Waals surface area contributed by atoms with E-state index in [0.29, 0.717) is 28.9 Å². The summed E-state index contributed by atoms with van der Waals surface area (Å²) in [5.74, 6) is -1.10. The van der Waals surface area contributed by atoms with Crippen LogP contribution < -0.4 is 10.2 Å². The molecule has 1 N–H and O–H groups in total. The number of hydrogen-bond donors (Lipinski definition) is 1. The molecule has 2 aromatic carbocycles. The van der Waals surface area contributed by atoms with Crippen LogP contribution in [0, 0.1) is 0 Å². The molecule has 0 bridgehead atoms. The largest absolute Gasteiger partial charge is 0.379 e. The minimum atomic E-state index is -0.404. The Hall–Kier alpha value is -3.03. The molecule has 2 aliphatic heterocycles. The molecule has 2 aliphatic rings. The number of rotatable bonds is 6. The first-order chi connectivity index (χ1) is 14.2. The summed E-state index contributed by atoms with van der Waals surface area (Å²) in [5.41, 5.74) is 1.34. The van der Waals surface area contributed by atoms with Gasteiger partial charge >= 0.3 is 0 Å². The van der Waals surface area contributed by atoms with Gasteiger partial charge in [-0.05, 0) is 37.2 Å². The maximum absolute atomic E-state index is 12.8. The molecule has 0 saturated carbocycles. The lowest BCUT2D eigenvalue weighted by molar-refractivity contribution is 0.0374. The predicted molar refractivity (Wildman–Crippen MR) is 108 cm³/mol. The molecule has 3 amide bonds. The number of ether oxygens (including phenoxy) is 1. The number of morpholine rings is 1. The van der Waals surface area contributed by atoms with E-state index >= 15 is 0 Å². The number of carbonyl (C=O) groups excluding carboxylic acids is 3. The van der Waals surface area contributed by atoms with E-state index in [9.17, 15) is 14.4 Å². The normalized spacial score (nSPS) is 16.8. The Balaban J connectivity index is 1.44. The van der Waals surface area contributed by atoms with E-state index in [4.69, 9.17) is 4.74 Å². The average Bonchev–Trinajstić information content (AvgIpc) is 3.02. The van der Waals surface area contributed by atoms with Crippen molar-refractivity contribution in [2.45, 2.75) is 6.42 Å². The molecule has 1 fully saturated rings. The predicted octanol–water partition coefficient (Wildman–Crippen LogP) is 1.94. The van der Waals surface area contributed by atoms with Crippen LogP contribution in [0.25, 0.3) is 0 Å². The molecule has 150 valence electrons. The highest BCUT2D eigenvalue weighted by Gasteiger charge is 2.37. The van der Waals surface area contributed by atoms with Crippen molar-refractivity contribution < 1.29 is 19.1 Å². The third-order valence-corrected chi connectivity index (χ3v) is 5.22. The van der Waals surface area contributed by atoms with Crippen molar-refractivity contribution in [3.63, 3.8) is 0 Å². The van der Waals surface area contributed by atoms with Crippen molar-refractivity contribution >= 4 is 23.4 Å². The van der Waals surface area contributed by atoms with Gasteiger partial charge in [0.05, 0.1) is 35.6 Å². The van der Waals surface area contributed by atoms with E-state index in [1.54, 1.807) is 48.5 Å². The van der Waals surface area contributed by atoms with Gasteiger partial charge in [-0.15, -0.1) is 0 Å². The fourth-order valence-corrected chi connectivity index (χ4v) is 3.69. The number of amides is 3. The number of carbonyl (C=O) groups is 3. The van der Waals surface area contributed by atoms with Gasteiger partial charge in [0, 0.05) is 19.6 Å². The molecule has 0 aliphatic carbocycles. The van der Waals surface area contributed by atoms with Crippen LogP contribution in [0.1, 0.15) is 37.5 Å². The van der Waals surface area contributed by atoms with Crippen molar-refractivity contribution in [2.75, 3.05) is 44.3 Å². The van der Waals surface area contributed by atoms with Crippen LogP contribution >= 0.6 is 0 Å². The second-order valence-electron chi connectivity index (χ2n) is 7.07. The smallest absolute Gasteiger partial charge is 0.266 e. The zero-order valence-electron chi connectivity index (χ0n) is 16.1. The Morgan fingerprint density at radius 1 is 0.931 bits per heavy atom. The molecule has 0 aromatic heterocycles. The highest BCUT2D eigenvalue weighted by molar-refractivity contribution is 6.35. The first-order valence-corrected chi connectivity index (χ1v) is 9.82. The summed E-state index contributed by atoms with van der Waals surface area (Å²) in [7, 11) is 0. The lowest BCUT2D eigenvalue weighted by atomic mass is 10.1. The van der Waals surface area contributed by atoms with Gasteiger partial charge in [-0.2, -0.15) is 0 Å². The summed E-state index contributed by atoms with van der Waals surface area (Å²) in [4.78, 5) is 41.7. The van der Waals surface area contributed by atoms with Gasteiger partial charge in [0.25, 0.3) is 17.7 Å².